The molecule has 1 N–H and O–H groups in total. The van der Waals surface area contributed by atoms with Crippen molar-refractivity contribution < 1.29 is 18.3 Å². The Morgan fingerprint density at radius 1 is 1.13 bits per heavy atom. The number of carbonyl (C=O) groups is 1. The summed E-state index contributed by atoms with van der Waals surface area (Å²) in [4.78, 5) is 17.2. The van der Waals surface area contributed by atoms with Crippen LogP contribution in [0.2, 0.25) is 0 Å². The van der Waals surface area contributed by atoms with Crippen LogP contribution >= 0.6 is 15.9 Å². The van der Waals surface area contributed by atoms with E-state index in [9.17, 15) is 9.18 Å². The van der Waals surface area contributed by atoms with Crippen molar-refractivity contribution in [3.05, 3.63) is 88.8 Å². The molecule has 0 radical (unpaired) electrons. The first kappa shape index (κ1) is 20.8. The van der Waals surface area contributed by atoms with E-state index in [0.29, 0.717) is 33.9 Å². The number of aromatic nitrogens is 1. The highest BCUT2D eigenvalue weighted by molar-refractivity contribution is 9.10. The summed E-state index contributed by atoms with van der Waals surface area (Å²) in [7, 11) is 0. The third kappa shape index (κ3) is 4.67. The molecule has 0 saturated carbocycles. The minimum Gasteiger partial charge on any atom is -0.494 e. The molecule has 0 bridgehead atoms. The van der Waals surface area contributed by atoms with Gasteiger partial charge in [-0.1, -0.05) is 28.1 Å². The fraction of sp³-hybridized carbons (Fsp3) is 0.0833. The van der Waals surface area contributed by atoms with Gasteiger partial charge in [0.1, 0.15) is 11.6 Å². The summed E-state index contributed by atoms with van der Waals surface area (Å²) in [6.07, 6.45) is 1.61. The van der Waals surface area contributed by atoms with Crippen molar-refractivity contribution in [2.75, 3.05) is 11.9 Å². The normalized spacial score (nSPS) is 10.7. The molecule has 0 saturated heterocycles. The van der Waals surface area contributed by atoms with E-state index >= 15 is 0 Å². The summed E-state index contributed by atoms with van der Waals surface area (Å²) in [5, 5.41) is 2.60. The van der Waals surface area contributed by atoms with E-state index in [1.165, 1.54) is 12.1 Å². The molecule has 0 aliphatic carbocycles. The third-order valence-corrected chi connectivity index (χ3v) is 5.03. The van der Waals surface area contributed by atoms with Gasteiger partial charge in [-0.2, -0.15) is 0 Å². The first-order chi connectivity index (χ1) is 15.0. The van der Waals surface area contributed by atoms with Crippen molar-refractivity contribution in [3.8, 4) is 28.5 Å². The fourth-order valence-corrected chi connectivity index (χ4v) is 3.40. The molecule has 7 heteroatoms. The quantitative estimate of drug-likeness (QED) is 0.339. The lowest BCUT2D eigenvalue weighted by Crippen LogP contribution is -2.14. The zero-order chi connectivity index (χ0) is 21.8. The first-order valence-corrected chi connectivity index (χ1v) is 10.4. The molecular weight excluding hydrogens is 463 g/mol. The van der Waals surface area contributed by atoms with Gasteiger partial charge in [-0.25, -0.2) is 9.37 Å². The van der Waals surface area contributed by atoms with Gasteiger partial charge >= 0.3 is 0 Å². The van der Waals surface area contributed by atoms with Gasteiger partial charge in [0.15, 0.2) is 5.76 Å². The maximum Gasteiger partial charge on any atom is 0.256 e. The average molecular weight is 481 g/mol. The molecule has 1 aromatic heterocycles. The zero-order valence-corrected chi connectivity index (χ0v) is 18.1. The van der Waals surface area contributed by atoms with Gasteiger partial charge in [0.2, 0.25) is 5.89 Å². The Morgan fingerprint density at radius 3 is 2.65 bits per heavy atom. The number of oxazole rings is 1. The number of amides is 1. The lowest BCUT2D eigenvalue weighted by molar-refractivity contribution is 0.102. The average Bonchev–Trinajstić information content (AvgIpc) is 3.26. The molecule has 0 unspecified atom stereocenters. The van der Waals surface area contributed by atoms with Crippen LogP contribution in [0.1, 0.15) is 17.3 Å². The third-order valence-electron chi connectivity index (χ3n) is 4.54. The highest BCUT2D eigenvalue weighted by Gasteiger charge is 2.18. The molecule has 0 aliphatic heterocycles. The van der Waals surface area contributed by atoms with Crippen molar-refractivity contribution in [2.24, 2.45) is 0 Å². The number of ether oxygens (including phenoxy) is 1. The maximum absolute atomic E-state index is 14.1. The molecule has 5 nitrogen and oxygen atoms in total. The predicted octanol–water partition coefficient (Wildman–Crippen LogP) is 6.56. The summed E-state index contributed by atoms with van der Waals surface area (Å²) in [5.41, 5.74) is 1.76. The van der Waals surface area contributed by atoms with Crippen LogP contribution < -0.4 is 10.1 Å². The van der Waals surface area contributed by atoms with Crippen LogP contribution in [-0.4, -0.2) is 17.5 Å². The van der Waals surface area contributed by atoms with E-state index in [4.69, 9.17) is 9.15 Å². The van der Waals surface area contributed by atoms with Crippen LogP contribution in [0.3, 0.4) is 0 Å². The molecule has 0 fully saturated rings. The molecule has 4 aromatic rings. The first-order valence-electron chi connectivity index (χ1n) is 9.60. The Bertz CT molecular complexity index is 1220. The molecule has 156 valence electrons. The van der Waals surface area contributed by atoms with Gasteiger partial charge in [-0.05, 0) is 61.5 Å². The molecule has 0 spiro atoms. The van der Waals surface area contributed by atoms with Crippen molar-refractivity contribution in [3.63, 3.8) is 0 Å². The van der Waals surface area contributed by atoms with Gasteiger partial charge in [-0.15, -0.1) is 0 Å². The van der Waals surface area contributed by atoms with Crippen LogP contribution in [0.5, 0.6) is 5.75 Å². The number of benzene rings is 3. The molecule has 4 rings (SSSR count). The van der Waals surface area contributed by atoms with Gasteiger partial charge in [0.25, 0.3) is 5.91 Å². The van der Waals surface area contributed by atoms with E-state index in [0.717, 1.165) is 11.3 Å². The minimum absolute atomic E-state index is 0.0884. The second-order valence-corrected chi connectivity index (χ2v) is 7.53. The molecule has 0 atom stereocenters. The van der Waals surface area contributed by atoms with Crippen molar-refractivity contribution in [1.82, 2.24) is 4.98 Å². The van der Waals surface area contributed by atoms with Crippen LogP contribution in [0, 0.1) is 5.82 Å². The fourth-order valence-electron chi connectivity index (χ4n) is 3.06. The molecule has 31 heavy (non-hydrogen) atoms. The second-order valence-electron chi connectivity index (χ2n) is 6.61. The molecule has 1 amide bonds. The highest BCUT2D eigenvalue weighted by atomic mass is 79.9. The van der Waals surface area contributed by atoms with E-state index in [2.05, 4.69) is 26.2 Å². The van der Waals surface area contributed by atoms with Crippen LogP contribution in [0.25, 0.3) is 22.8 Å². The summed E-state index contributed by atoms with van der Waals surface area (Å²) >= 11 is 3.20. The summed E-state index contributed by atoms with van der Waals surface area (Å²) in [6, 6.07) is 18.8. The van der Waals surface area contributed by atoms with Crippen LogP contribution in [-0.2, 0) is 0 Å². The van der Waals surface area contributed by atoms with Crippen LogP contribution in [0.15, 0.2) is 81.8 Å². The number of nitrogens with zero attached hydrogens (tertiary/aromatic N) is 1. The van der Waals surface area contributed by atoms with E-state index < -0.39 is 11.7 Å². The SMILES string of the molecule is CCOc1ccc(-c2cnc(-c3ccccc3C(=O)Nc3ccc(Br)cc3F)o2)cc1. The van der Waals surface area contributed by atoms with E-state index in [-0.39, 0.29) is 5.69 Å². The number of anilines is 1. The number of hydrogen-bond donors (Lipinski definition) is 1. The number of halogens is 2. The second kappa shape index (κ2) is 9.14. The van der Waals surface area contributed by atoms with Gasteiger partial charge in [0, 0.05) is 15.6 Å². The standard InChI is InChI=1S/C24H18BrFN2O3/c1-2-30-17-10-7-15(8-11-17)22-14-27-24(31-22)19-6-4-3-5-18(19)23(29)28-21-12-9-16(25)13-20(21)26/h3-14H,2H2,1H3,(H,28,29). The Balaban J connectivity index is 1.61. The molecule has 1 heterocycles. The summed E-state index contributed by atoms with van der Waals surface area (Å²) in [6.45, 7) is 2.52. The van der Waals surface area contributed by atoms with Crippen LogP contribution in [0.4, 0.5) is 10.1 Å². The Labute approximate surface area is 187 Å². The molecule has 0 aliphatic rings. The molecular formula is C24H18BrFN2O3. The summed E-state index contributed by atoms with van der Waals surface area (Å²) < 4.78 is 26.1. The monoisotopic (exact) mass is 480 g/mol. The smallest absolute Gasteiger partial charge is 0.256 e. The number of carbonyl (C=O) groups excluding carboxylic acids is 1. The number of hydrogen-bond acceptors (Lipinski definition) is 4. The molecule has 3 aromatic carbocycles. The highest BCUT2D eigenvalue weighted by Crippen LogP contribution is 2.30. The van der Waals surface area contributed by atoms with Crippen molar-refractivity contribution in [2.45, 2.75) is 6.92 Å². The number of nitrogens with one attached hydrogen (secondary N) is 1. The minimum atomic E-state index is -0.533. The van der Waals surface area contributed by atoms with Crippen molar-refractivity contribution >= 4 is 27.5 Å². The van der Waals surface area contributed by atoms with Gasteiger partial charge in [-0.3, -0.25) is 4.79 Å². The predicted molar refractivity (Wildman–Crippen MR) is 121 cm³/mol. The zero-order valence-electron chi connectivity index (χ0n) is 16.6. The van der Waals surface area contributed by atoms with E-state index in [1.807, 2.05) is 31.2 Å². The Kier molecular flexibility index (Phi) is 6.13. The lowest BCUT2D eigenvalue weighted by atomic mass is 10.1. The van der Waals surface area contributed by atoms with Crippen molar-refractivity contribution in [1.29, 1.82) is 0 Å². The maximum atomic E-state index is 14.1. The van der Waals surface area contributed by atoms with Gasteiger partial charge in [0.05, 0.1) is 24.1 Å². The summed E-state index contributed by atoms with van der Waals surface area (Å²) in [5.74, 6) is 0.637. The lowest BCUT2D eigenvalue weighted by Gasteiger charge is -2.09. The van der Waals surface area contributed by atoms with Gasteiger partial charge < -0.3 is 14.5 Å². The topological polar surface area (TPSA) is 64.4 Å². The largest absolute Gasteiger partial charge is 0.494 e. The Morgan fingerprint density at radius 2 is 1.90 bits per heavy atom. The number of rotatable bonds is 6. The Hall–Kier alpha value is -3.45. The van der Waals surface area contributed by atoms with E-state index in [1.54, 1.807) is 36.5 Å².